The first-order valence-corrected chi connectivity index (χ1v) is 8.65. The van der Waals surface area contributed by atoms with Crippen LogP contribution in [-0.4, -0.2) is 73.5 Å². The fraction of sp³-hybridized carbons (Fsp3) is 0.611. The summed E-state index contributed by atoms with van der Waals surface area (Å²) in [7, 11) is 2.17. The van der Waals surface area contributed by atoms with Crippen molar-refractivity contribution in [3.63, 3.8) is 0 Å². The highest BCUT2D eigenvalue weighted by Crippen LogP contribution is 2.18. The fourth-order valence-electron chi connectivity index (χ4n) is 3.41. The van der Waals surface area contributed by atoms with Gasteiger partial charge in [0.2, 0.25) is 0 Å². The molecule has 2 aliphatic heterocycles. The van der Waals surface area contributed by atoms with Gasteiger partial charge >= 0.3 is 0 Å². The van der Waals surface area contributed by atoms with Crippen LogP contribution < -0.4 is 5.73 Å². The average Bonchev–Trinajstić information content (AvgIpc) is 3.06. The van der Waals surface area contributed by atoms with Crippen molar-refractivity contribution < 1.29 is 4.79 Å². The number of likely N-dealkylation sites (tertiary alicyclic amines) is 1. The number of benzene rings is 1. The third-order valence-electron chi connectivity index (χ3n) is 5.11. The second-order valence-corrected chi connectivity index (χ2v) is 6.92. The van der Waals surface area contributed by atoms with Crippen LogP contribution in [0.15, 0.2) is 24.3 Å². The summed E-state index contributed by atoms with van der Waals surface area (Å²) in [5.41, 5.74) is 7.79. The molecule has 2 aliphatic rings. The number of carbonyl (C=O) groups excluding carboxylic acids is 1. The Labute approximate surface area is 139 Å². The molecular formula is C18H28N4O. The lowest BCUT2D eigenvalue weighted by Gasteiger charge is -2.32. The molecule has 0 radical (unpaired) electrons. The van der Waals surface area contributed by atoms with Gasteiger partial charge in [-0.1, -0.05) is 12.1 Å². The highest BCUT2D eigenvalue weighted by molar-refractivity contribution is 5.94. The van der Waals surface area contributed by atoms with Crippen LogP contribution in [0.5, 0.6) is 0 Å². The minimum absolute atomic E-state index is 0.145. The van der Waals surface area contributed by atoms with Crippen molar-refractivity contribution in [2.45, 2.75) is 13.0 Å². The number of hydrogen-bond donors (Lipinski definition) is 1. The highest BCUT2D eigenvalue weighted by atomic mass is 16.2. The molecule has 1 amide bonds. The molecule has 2 fully saturated rings. The first kappa shape index (κ1) is 16.4. The van der Waals surface area contributed by atoms with Gasteiger partial charge in [0.25, 0.3) is 5.91 Å². The molecule has 3 rings (SSSR count). The van der Waals surface area contributed by atoms with E-state index in [1.165, 1.54) is 5.56 Å². The number of nitrogens with two attached hydrogens (primary N) is 1. The normalized spacial score (nSPS) is 23.4. The van der Waals surface area contributed by atoms with Crippen LogP contribution >= 0.6 is 0 Å². The van der Waals surface area contributed by atoms with Gasteiger partial charge in [-0.2, -0.15) is 0 Å². The summed E-state index contributed by atoms with van der Waals surface area (Å²) < 4.78 is 0. The van der Waals surface area contributed by atoms with E-state index < -0.39 is 0 Å². The van der Waals surface area contributed by atoms with Crippen LogP contribution in [0.3, 0.4) is 0 Å². The molecule has 0 aromatic heterocycles. The standard InChI is InChI=1S/C18H28N4O/c1-20-8-10-21(11-9-20)13-15-2-4-17(5-3-15)18(23)22-7-6-16(12-19)14-22/h2-5,16H,6-14,19H2,1H3/t16-/m0/s1. The summed E-state index contributed by atoms with van der Waals surface area (Å²) in [6, 6.07) is 8.15. The largest absolute Gasteiger partial charge is 0.338 e. The Morgan fingerprint density at radius 3 is 2.43 bits per heavy atom. The Morgan fingerprint density at radius 1 is 1.13 bits per heavy atom. The van der Waals surface area contributed by atoms with E-state index in [0.29, 0.717) is 12.5 Å². The van der Waals surface area contributed by atoms with Crippen molar-refractivity contribution in [2.24, 2.45) is 11.7 Å². The summed E-state index contributed by atoms with van der Waals surface area (Å²) in [5.74, 6) is 0.613. The number of carbonyl (C=O) groups is 1. The molecule has 0 unspecified atom stereocenters. The van der Waals surface area contributed by atoms with Gasteiger partial charge in [0.05, 0.1) is 0 Å². The second kappa shape index (κ2) is 7.43. The predicted molar refractivity (Wildman–Crippen MR) is 92.3 cm³/mol. The van der Waals surface area contributed by atoms with E-state index in [-0.39, 0.29) is 5.91 Å². The Morgan fingerprint density at radius 2 is 1.83 bits per heavy atom. The molecule has 2 N–H and O–H groups in total. The van der Waals surface area contributed by atoms with Crippen molar-refractivity contribution in [1.82, 2.24) is 14.7 Å². The lowest BCUT2D eigenvalue weighted by atomic mass is 10.1. The average molecular weight is 316 g/mol. The van der Waals surface area contributed by atoms with E-state index in [1.54, 1.807) is 0 Å². The van der Waals surface area contributed by atoms with Crippen LogP contribution in [0.1, 0.15) is 22.3 Å². The Balaban J connectivity index is 1.55. The van der Waals surface area contributed by atoms with Gasteiger partial charge < -0.3 is 15.5 Å². The van der Waals surface area contributed by atoms with Crippen molar-refractivity contribution in [3.05, 3.63) is 35.4 Å². The number of amides is 1. The maximum atomic E-state index is 12.5. The molecule has 2 heterocycles. The van der Waals surface area contributed by atoms with E-state index in [4.69, 9.17) is 5.73 Å². The molecule has 1 aromatic rings. The van der Waals surface area contributed by atoms with Crippen molar-refractivity contribution in [3.8, 4) is 0 Å². The maximum Gasteiger partial charge on any atom is 0.253 e. The molecule has 1 atom stereocenters. The number of nitrogens with zero attached hydrogens (tertiary/aromatic N) is 3. The van der Waals surface area contributed by atoms with Crippen molar-refractivity contribution in [1.29, 1.82) is 0 Å². The predicted octanol–water partition coefficient (Wildman–Crippen LogP) is 0.855. The molecule has 0 spiro atoms. The summed E-state index contributed by atoms with van der Waals surface area (Å²) >= 11 is 0. The molecule has 0 saturated carbocycles. The van der Waals surface area contributed by atoms with Crippen molar-refractivity contribution >= 4 is 5.91 Å². The van der Waals surface area contributed by atoms with Crippen LogP contribution in [-0.2, 0) is 6.54 Å². The zero-order valence-corrected chi connectivity index (χ0v) is 14.1. The summed E-state index contributed by atoms with van der Waals surface area (Å²) in [4.78, 5) is 19.3. The number of rotatable bonds is 4. The van der Waals surface area contributed by atoms with Crippen LogP contribution in [0.25, 0.3) is 0 Å². The van der Waals surface area contributed by atoms with E-state index >= 15 is 0 Å². The molecule has 2 saturated heterocycles. The molecule has 0 aliphatic carbocycles. The van der Waals surface area contributed by atoms with Gasteiger partial charge in [-0.15, -0.1) is 0 Å². The SMILES string of the molecule is CN1CCN(Cc2ccc(C(=O)N3CC[C@@H](CN)C3)cc2)CC1. The molecule has 5 heteroatoms. The van der Waals surface area contributed by atoms with Gasteiger partial charge in [-0.05, 0) is 43.6 Å². The lowest BCUT2D eigenvalue weighted by molar-refractivity contribution is 0.0787. The Kier molecular flexibility index (Phi) is 5.30. The summed E-state index contributed by atoms with van der Waals surface area (Å²) in [5, 5.41) is 0. The topological polar surface area (TPSA) is 52.8 Å². The first-order chi connectivity index (χ1) is 11.2. The summed E-state index contributed by atoms with van der Waals surface area (Å²) in [6.45, 7) is 7.79. The van der Waals surface area contributed by atoms with Crippen LogP contribution in [0.2, 0.25) is 0 Å². The molecule has 0 bridgehead atoms. The van der Waals surface area contributed by atoms with Crippen molar-refractivity contribution in [2.75, 3.05) is 52.9 Å². The zero-order chi connectivity index (χ0) is 16.2. The fourth-order valence-corrected chi connectivity index (χ4v) is 3.41. The van der Waals surface area contributed by atoms with Gasteiger partial charge in [-0.3, -0.25) is 9.69 Å². The number of likely N-dealkylation sites (N-methyl/N-ethyl adjacent to an activating group) is 1. The Bertz CT molecular complexity index is 522. The second-order valence-electron chi connectivity index (χ2n) is 6.92. The zero-order valence-electron chi connectivity index (χ0n) is 14.1. The van der Waals surface area contributed by atoms with E-state index in [0.717, 1.165) is 57.8 Å². The van der Waals surface area contributed by atoms with Gasteiger partial charge in [0, 0.05) is 51.4 Å². The van der Waals surface area contributed by atoms with Gasteiger partial charge in [0.15, 0.2) is 0 Å². The smallest absolute Gasteiger partial charge is 0.253 e. The molecule has 5 nitrogen and oxygen atoms in total. The molecule has 126 valence electrons. The van der Waals surface area contributed by atoms with E-state index in [9.17, 15) is 4.79 Å². The van der Waals surface area contributed by atoms with E-state index in [1.807, 2.05) is 17.0 Å². The minimum Gasteiger partial charge on any atom is -0.338 e. The maximum absolute atomic E-state index is 12.5. The number of piperazine rings is 1. The quantitative estimate of drug-likeness (QED) is 0.895. The van der Waals surface area contributed by atoms with Crippen LogP contribution in [0, 0.1) is 5.92 Å². The summed E-state index contributed by atoms with van der Waals surface area (Å²) in [6.07, 6.45) is 1.03. The first-order valence-electron chi connectivity index (χ1n) is 8.65. The lowest BCUT2D eigenvalue weighted by Crippen LogP contribution is -2.43. The molecule has 23 heavy (non-hydrogen) atoms. The van der Waals surface area contributed by atoms with Gasteiger partial charge in [-0.25, -0.2) is 0 Å². The third kappa shape index (κ3) is 4.10. The minimum atomic E-state index is 0.145. The van der Waals surface area contributed by atoms with Crippen LogP contribution in [0.4, 0.5) is 0 Å². The Hall–Kier alpha value is -1.43. The third-order valence-corrected chi connectivity index (χ3v) is 5.11. The van der Waals surface area contributed by atoms with E-state index in [2.05, 4.69) is 29.0 Å². The molecular weight excluding hydrogens is 288 g/mol. The highest BCUT2D eigenvalue weighted by Gasteiger charge is 2.25. The monoisotopic (exact) mass is 316 g/mol. The number of hydrogen-bond acceptors (Lipinski definition) is 4. The van der Waals surface area contributed by atoms with Gasteiger partial charge in [0.1, 0.15) is 0 Å². The molecule has 1 aromatic carbocycles.